The zero-order chi connectivity index (χ0) is 39.3. The maximum Gasteiger partial charge on any atom is 0.0730 e. The highest BCUT2D eigenvalue weighted by Crippen LogP contribution is 2.44. The highest BCUT2D eigenvalue weighted by Gasteiger charge is 2.24. The molecular weight excluding hydrogens is 719 g/mol. The molecule has 0 aliphatic carbocycles. The third kappa shape index (κ3) is 6.08. The van der Waals surface area contributed by atoms with Crippen LogP contribution < -0.4 is 4.90 Å². The van der Waals surface area contributed by atoms with E-state index < -0.39 is 0 Å². The van der Waals surface area contributed by atoms with Crippen molar-refractivity contribution in [3.63, 3.8) is 0 Å². The molecule has 6 aromatic carbocycles. The number of benzene rings is 6. The van der Waals surface area contributed by atoms with E-state index in [4.69, 9.17) is 4.98 Å². The van der Waals surface area contributed by atoms with Gasteiger partial charge in [0, 0.05) is 76.2 Å². The fraction of sp³-hybridized carbons (Fsp3) is 0.0185. The molecule has 1 aliphatic heterocycles. The van der Waals surface area contributed by atoms with Crippen LogP contribution in [0.4, 0.5) is 5.69 Å². The Morgan fingerprint density at radius 2 is 1.00 bits per heavy atom. The first-order chi connectivity index (χ1) is 29.2. The summed E-state index contributed by atoms with van der Waals surface area (Å²) in [6.07, 6.45) is 9.74. The number of anilines is 1. The molecule has 0 spiro atoms. The molecule has 0 unspecified atom stereocenters. The van der Waals surface area contributed by atoms with E-state index in [2.05, 4.69) is 196 Å². The maximum absolute atomic E-state index is 5.34. The molecule has 10 aromatic rings. The monoisotopic (exact) mass is 755 g/mol. The average molecular weight is 756 g/mol. The molecule has 0 saturated heterocycles. The van der Waals surface area contributed by atoms with Gasteiger partial charge in [0.2, 0.25) is 0 Å². The van der Waals surface area contributed by atoms with Crippen molar-refractivity contribution >= 4 is 39.3 Å². The van der Waals surface area contributed by atoms with Crippen molar-refractivity contribution in [1.29, 1.82) is 0 Å². The second-order valence-corrected chi connectivity index (χ2v) is 15.0. The molecule has 11 rings (SSSR count). The second kappa shape index (κ2) is 14.2. The number of rotatable bonds is 6. The number of hydrogen-bond donors (Lipinski definition) is 0. The molecule has 0 N–H and O–H groups in total. The fourth-order valence-corrected chi connectivity index (χ4v) is 8.61. The lowest BCUT2D eigenvalue weighted by Crippen LogP contribution is -2.20. The van der Waals surface area contributed by atoms with Gasteiger partial charge in [0.15, 0.2) is 0 Å². The Bertz CT molecular complexity index is 3100. The summed E-state index contributed by atoms with van der Waals surface area (Å²) in [6, 6.07) is 62.8. The maximum atomic E-state index is 5.34. The summed E-state index contributed by atoms with van der Waals surface area (Å²) in [7, 11) is 2.17. The molecule has 5 heterocycles. The van der Waals surface area contributed by atoms with Crippen LogP contribution in [0.5, 0.6) is 0 Å². The molecule has 5 nitrogen and oxygen atoms in total. The van der Waals surface area contributed by atoms with Crippen LogP contribution in [0.2, 0.25) is 0 Å². The van der Waals surface area contributed by atoms with Gasteiger partial charge in [-0.05, 0) is 81.9 Å². The predicted octanol–water partition coefficient (Wildman–Crippen LogP) is 13.3. The number of hydrogen-bond acceptors (Lipinski definition) is 4. The van der Waals surface area contributed by atoms with Crippen LogP contribution in [0.1, 0.15) is 11.1 Å². The predicted molar refractivity (Wildman–Crippen MR) is 244 cm³/mol. The minimum Gasteiger partial charge on any atom is -0.344 e. The van der Waals surface area contributed by atoms with Crippen molar-refractivity contribution in [2.45, 2.75) is 0 Å². The molecule has 4 aromatic heterocycles. The first kappa shape index (κ1) is 34.4. The molecule has 0 fully saturated rings. The van der Waals surface area contributed by atoms with Gasteiger partial charge in [0.1, 0.15) is 0 Å². The van der Waals surface area contributed by atoms with Crippen LogP contribution in [0.25, 0.3) is 95.2 Å². The van der Waals surface area contributed by atoms with Crippen LogP contribution in [0, 0.1) is 0 Å². The molecule has 0 saturated carbocycles. The molecule has 0 radical (unpaired) electrons. The highest BCUT2D eigenvalue weighted by molar-refractivity contribution is 6.10. The summed E-state index contributed by atoms with van der Waals surface area (Å²) in [6.45, 7) is 0. The minimum atomic E-state index is 0.898. The summed E-state index contributed by atoms with van der Waals surface area (Å²) in [5.74, 6) is 0. The lowest BCUT2D eigenvalue weighted by atomic mass is 9.90. The smallest absolute Gasteiger partial charge is 0.0730 e. The Morgan fingerprint density at radius 1 is 0.441 bits per heavy atom. The first-order valence-corrected chi connectivity index (χ1v) is 19.9. The van der Waals surface area contributed by atoms with Crippen molar-refractivity contribution in [2.75, 3.05) is 11.9 Å². The molecule has 0 amide bonds. The van der Waals surface area contributed by atoms with E-state index in [-0.39, 0.29) is 0 Å². The Morgan fingerprint density at radius 3 is 1.64 bits per heavy atom. The fourth-order valence-electron chi connectivity index (χ4n) is 8.61. The Kier molecular flexibility index (Phi) is 8.30. The van der Waals surface area contributed by atoms with Gasteiger partial charge in [-0.15, -0.1) is 0 Å². The SMILES string of the molecule is CN1/C(=C\c2ccc3c4ccccc4n(-c4cc(-c5ccc(-c6cccnc6)cc5)nc(-c5ccc(-c6cccnc6)cc5)c4)c3c2)c2ccccc2-c2ccccc21. The topological polar surface area (TPSA) is 46.8 Å². The molecule has 1 aliphatic rings. The molecule has 5 heteroatoms. The molecule has 278 valence electrons. The Hall–Kier alpha value is -7.89. The van der Waals surface area contributed by atoms with E-state index in [0.717, 1.165) is 67.1 Å². The van der Waals surface area contributed by atoms with E-state index in [9.17, 15) is 0 Å². The summed E-state index contributed by atoms with van der Waals surface area (Å²) in [4.78, 5) is 16.3. The van der Waals surface area contributed by atoms with Gasteiger partial charge in [-0.3, -0.25) is 9.97 Å². The van der Waals surface area contributed by atoms with E-state index in [1.807, 2.05) is 24.5 Å². The van der Waals surface area contributed by atoms with Crippen LogP contribution in [-0.4, -0.2) is 26.6 Å². The van der Waals surface area contributed by atoms with Crippen molar-refractivity contribution in [2.24, 2.45) is 0 Å². The Balaban J connectivity index is 1.09. The van der Waals surface area contributed by atoms with Gasteiger partial charge in [-0.1, -0.05) is 133 Å². The van der Waals surface area contributed by atoms with Gasteiger partial charge in [0.05, 0.1) is 28.1 Å². The average Bonchev–Trinajstić information content (AvgIpc) is 3.64. The number of aromatic nitrogens is 4. The van der Waals surface area contributed by atoms with Crippen LogP contribution in [0.3, 0.4) is 0 Å². The van der Waals surface area contributed by atoms with Crippen molar-refractivity contribution in [1.82, 2.24) is 19.5 Å². The summed E-state index contributed by atoms with van der Waals surface area (Å²) in [5, 5.41) is 2.41. The van der Waals surface area contributed by atoms with Crippen LogP contribution in [-0.2, 0) is 0 Å². The zero-order valence-electron chi connectivity index (χ0n) is 32.4. The van der Waals surface area contributed by atoms with Gasteiger partial charge in [-0.25, -0.2) is 4.98 Å². The quantitative estimate of drug-likeness (QED) is 0.170. The van der Waals surface area contributed by atoms with E-state index >= 15 is 0 Å². The van der Waals surface area contributed by atoms with E-state index in [1.165, 1.54) is 38.8 Å². The third-order valence-electron chi connectivity index (χ3n) is 11.5. The van der Waals surface area contributed by atoms with Gasteiger partial charge in [-0.2, -0.15) is 0 Å². The van der Waals surface area contributed by atoms with Crippen LogP contribution in [0.15, 0.2) is 201 Å². The third-order valence-corrected chi connectivity index (χ3v) is 11.5. The number of fused-ring (bicyclic) bond motifs is 6. The highest BCUT2D eigenvalue weighted by atomic mass is 15.1. The zero-order valence-corrected chi connectivity index (χ0v) is 32.4. The number of pyridine rings is 3. The molecular formula is C54H37N5. The lowest BCUT2D eigenvalue weighted by Gasteiger charge is -2.32. The minimum absolute atomic E-state index is 0.898. The molecule has 0 atom stereocenters. The van der Waals surface area contributed by atoms with Crippen molar-refractivity contribution in [3.8, 4) is 61.6 Å². The molecule has 59 heavy (non-hydrogen) atoms. The van der Waals surface area contributed by atoms with Crippen molar-refractivity contribution < 1.29 is 0 Å². The van der Waals surface area contributed by atoms with E-state index in [1.54, 1.807) is 12.4 Å². The largest absolute Gasteiger partial charge is 0.344 e. The molecule has 0 bridgehead atoms. The lowest BCUT2D eigenvalue weighted by molar-refractivity contribution is 1.16. The standard InChI is InChI=1S/C54H37N5/c1-58-51-16-6-4-13-45(51)44-12-2-3-14-46(44)53(58)30-36-18-27-48-47-15-5-7-17-52(47)59(54(48)31-36)43-32-49(39-23-19-37(20-24-39)41-10-8-28-55-34-41)57-50(33-43)40-25-21-38(22-26-40)42-11-9-29-56-35-42/h2-35H,1H3/b53-30-. The first-order valence-electron chi connectivity index (χ1n) is 19.9. The Labute approximate surface area is 342 Å². The van der Waals surface area contributed by atoms with Gasteiger partial charge in [0.25, 0.3) is 0 Å². The normalized spacial score (nSPS) is 12.8. The van der Waals surface area contributed by atoms with Crippen molar-refractivity contribution in [3.05, 3.63) is 212 Å². The van der Waals surface area contributed by atoms with Crippen LogP contribution >= 0.6 is 0 Å². The number of nitrogens with zero attached hydrogens (tertiary/aromatic N) is 5. The summed E-state index contributed by atoms with van der Waals surface area (Å²) in [5.41, 5.74) is 18.8. The summed E-state index contributed by atoms with van der Waals surface area (Å²) < 4.78 is 2.41. The second-order valence-electron chi connectivity index (χ2n) is 15.0. The van der Waals surface area contributed by atoms with Gasteiger partial charge >= 0.3 is 0 Å². The number of para-hydroxylation sites is 2. The summed E-state index contributed by atoms with van der Waals surface area (Å²) >= 11 is 0. The van der Waals surface area contributed by atoms with E-state index in [0.29, 0.717) is 0 Å². The van der Waals surface area contributed by atoms with Gasteiger partial charge < -0.3 is 9.47 Å².